The second kappa shape index (κ2) is 7.28. The van der Waals surface area contributed by atoms with Crippen LogP contribution >= 0.6 is 0 Å². The molecule has 4 heteroatoms. The Labute approximate surface area is 139 Å². The molecule has 3 rings (SSSR count). The van der Waals surface area contributed by atoms with Gasteiger partial charge >= 0.3 is 0 Å². The number of nitrogens with zero attached hydrogens (tertiary/aromatic N) is 2. The fourth-order valence-electron chi connectivity index (χ4n) is 3.68. The molecule has 0 amide bonds. The van der Waals surface area contributed by atoms with Crippen molar-refractivity contribution in [2.24, 2.45) is 5.10 Å². The highest BCUT2D eigenvalue weighted by atomic mass is 16.5. The number of benzene rings is 1. The molecule has 124 valence electrons. The predicted molar refractivity (Wildman–Crippen MR) is 93.8 cm³/mol. The fourth-order valence-corrected chi connectivity index (χ4v) is 3.68. The summed E-state index contributed by atoms with van der Waals surface area (Å²) in [6.07, 6.45) is 7.54. The summed E-state index contributed by atoms with van der Waals surface area (Å²) < 4.78 is 6.10. The van der Waals surface area contributed by atoms with Crippen LogP contribution in [0.1, 0.15) is 44.7 Å². The molecule has 2 aliphatic heterocycles. The van der Waals surface area contributed by atoms with Gasteiger partial charge in [0.25, 0.3) is 0 Å². The van der Waals surface area contributed by atoms with E-state index in [4.69, 9.17) is 9.84 Å². The number of hydrogen-bond acceptors (Lipinski definition) is 3. The van der Waals surface area contributed by atoms with E-state index in [-0.39, 0.29) is 0 Å². The van der Waals surface area contributed by atoms with Crippen LogP contribution in [0.3, 0.4) is 0 Å². The topological polar surface area (TPSA) is 33.6 Å². The maximum atomic E-state index is 5.44. The Bertz CT molecular complexity index is 563. The lowest BCUT2D eigenvalue weighted by atomic mass is 10.0. The molecule has 0 spiro atoms. The lowest BCUT2D eigenvalue weighted by Crippen LogP contribution is -2.40. The minimum absolute atomic E-state index is 0.367. The molecule has 1 saturated heterocycles. The van der Waals surface area contributed by atoms with Crippen LogP contribution in [0.5, 0.6) is 0 Å². The average Bonchev–Trinajstić information content (AvgIpc) is 3.01. The van der Waals surface area contributed by atoms with Gasteiger partial charge in [-0.1, -0.05) is 42.4 Å². The van der Waals surface area contributed by atoms with Gasteiger partial charge in [0.05, 0.1) is 0 Å². The van der Waals surface area contributed by atoms with E-state index in [0.717, 1.165) is 44.7 Å². The van der Waals surface area contributed by atoms with Gasteiger partial charge in [-0.05, 0) is 19.8 Å². The van der Waals surface area contributed by atoms with Gasteiger partial charge in [-0.3, -0.25) is 0 Å². The maximum Gasteiger partial charge on any atom is 0.148 e. The number of rotatable bonds is 6. The van der Waals surface area contributed by atoms with Crippen molar-refractivity contribution in [2.45, 2.75) is 45.2 Å². The Morgan fingerprint density at radius 2 is 1.96 bits per heavy atom. The number of allylic oxidation sites excluding steroid dienone is 1. The Morgan fingerprint density at radius 3 is 2.61 bits per heavy atom. The molecule has 0 radical (unpaired) electrons. The predicted octanol–water partition coefficient (Wildman–Crippen LogP) is 3.58. The Balaban J connectivity index is 1.79. The van der Waals surface area contributed by atoms with Gasteiger partial charge in [0.15, 0.2) is 0 Å². The van der Waals surface area contributed by atoms with Gasteiger partial charge in [0.2, 0.25) is 0 Å². The van der Waals surface area contributed by atoms with Gasteiger partial charge in [-0.25, -0.2) is 0 Å². The third-order valence-corrected chi connectivity index (χ3v) is 4.98. The molecule has 4 nitrogen and oxygen atoms in total. The zero-order valence-electron chi connectivity index (χ0n) is 14.2. The first-order valence-electron chi connectivity index (χ1n) is 8.82. The normalized spacial score (nSPS) is 26.1. The summed E-state index contributed by atoms with van der Waals surface area (Å²) in [5.74, 6) is 0. The van der Waals surface area contributed by atoms with E-state index in [2.05, 4.69) is 55.7 Å². The van der Waals surface area contributed by atoms with E-state index in [1.54, 1.807) is 0 Å². The summed E-state index contributed by atoms with van der Waals surface area (Å²) in [5.41, 5.74) is 2.52. The van der Waals surface area contributed by atoms with Crippen molar-refractivity contribution in [3.05, 3.63) is 47.8 Å². The van der Waals surface area contributed by atoms with Gasteiger partial charge in [0.1, 0.15) is 30.7 Å². The second-order valence-electron chi connectivity index (χ2n) is 6.40. The first-order valence-corrected chi connectivity index (χ1v) is 8.82. The smallest absolute Gasteiger partial charge is 0.148 e. The van der Waals surface area contributed by atoms with Crippen molar-refractivity contribution in [3.8, 4) is 0 Å². The molecule has 1 aromatic rings. The van der Waals surface area contributed by atoms with Gasteiger partial charge in [0, 0.05) is 31.2 Å². The van der Waals surface area contributed by atoms with Gasteiger partial charge in [-0.2, -0.15) is 4.59 Å². The van der Waals surface area contributed by atoms with Crippen molar-refractivity contribution in [1.29, 1.82) is 0 Å². The molecule has 0 saturated carbocycles. The molecule has 2 atom stereocenters. The first kappa shape index (κ1) is 16.2. The highest BCUT2D eigenvalue weighted by Gasteiger charge is 2.38. The van der Waals surface area contributed by atoms with Crippen LogP contribution < -0.4 is 5.32 Å². The standard InChI is InChI=1S/C19H28N3O/c1-3-19(16-8-6-5-7-9-16)22(4-2)15-18(14-20-22)21-17-10-12-23-13-11-17/h5-9,14-15,17,19,21H,3-4,10-13H2,1-2H3/q+1/t19-,22?/m0/s1. The molecule has 1 aromatic carbocycles. The van der Waals surface area contributed by atoms with E-state index in [0.29, 0.717) is 16.7 Å². The minimum Gasteiger partial charge on any atom is -0.381 e. The fraction of sp³-hybridized carbons (Fsp3) is 0.526. The van der Waals surface area contributed by atoms with E-state index in [9.17, 15) is 0 Å². The summed E-state index contributed by atoms with van der Waals surface area (Å²) >= 11 is 0. The molecule has 0 aromatic heterocycles. The van der Waals surface area contributed by atoms with Crippen LogP contribution in [0.25, 0.3) is 0 Å². The number of hydrogen-bond donors (Lipinski definition) is 1. The highest BCUT2D eigenvalue weighted by molar-refractivity contribution is 5.78. The number of ether oxygens (including phenoxy) is 1. The molecule has 2 aliphatic rings. The molecular formula is C19H28N3O+. The summed E-state index contributed by atoms with van der Waals surface area (Å²) in [6.45, 7) is 7.15. The maximum absolute atomic E-state index is 5.44. The zero-order chi connectivity index (χ0) is 16.1. The quantitative estimate of drug-likeness (QED) is 0.814. The van der Waals surface area contributed by atoms with Crippen molar-refractivity contribution in [2.75, 3.05) is 19.8 Å². The van der Waals surface area contributed by atoms with Crippen molar-refractivity contribution in [1.82, 2.24) is 5.32 Å². The van der Waals surface area contributed by atoms with E-state index >= 15 is 0 Å². The van der Waals surface area contributed by atoms with Crippen LogP contribution in [-0.4, -0.2) is 36.6 Å². The molecule has 2 heterocycles. The summed E-state index contributed by atoms with van der Waals surface area (Å²) in [6, 6.07) is 11.6. The summed E-state index contributed by atoms with van der Waals surface area (Å²) in [5, 5.41) is 8.56. The Hall–Kier alpha value is -1.65. The minimum atomic E-state index is 0.367. The third kappa shape index (κ3) is 3.48. The van der Waals surface area contributed by atoms with Gasteiger partial charge < -0.3 is 10.1 Å². The lowest BCUT2D eigenvalue weighted by molar-refractivity contribution is -0.913. The monoisotopic (exact) mass is 314 g/mol. The Kier molecular flexibility index (Phi) is 5.13. The molecule has 0 bridgehead atoms. The number of quaternary nitrogens is 1. The van der Waals surface area contributed by atoms with Crippen LogP contribution in [0.15, 0.2) is 47.3 Å². The van der Waals surface area contributed by atoms with Crippen LogP contribution in [0, 0.1) is 0 Å². The van der Waals surface area contributed by atoms with E-state index in [1.165, 1.54) is 5.56 Å². The van der Waals surface area contributed by atoms with Crippen LogP contribution in [-0.2, 0) is 4.74 Å². The largest absolute Gasteiger partial charge is 0.381 e. The van der Waals surface area contributed by atoms with Crippen LogP contribution in [0.2, 0.25) is 0 Å². The van der Waals surface area contributed by atoms with Crippen molar-refractivity contribution in [3.63, 3.8) is 0 Å². The number of nitrogens with one attached hydrogen (secondary N) is 1. The zero-order valence-corrected chi connectivity index (χ0v) is 14.2. The third-order valence-electron chi connectivity index (χ3n) is 4.98. The summed E-state index contributed by atoms with van der Waals surface area (Å²) in [4.78, 5) is 0. The van der Waals surface area contributed by atoms with E-state index < -0.39 is 0 Å². The highest BCUT2D eigenvalue weighted by Crippen LogP contribution is 2.35. The molecule has 1 N–H and O–H groups in total. The molecule has 1 fully saturated rings. The molecule has 0 aliphatic carbocycles. The molecule has 1 unspecified atom stereocenters. The SMILES string of the molecule is CC[C@@H](c1ccccc1)[N+]1(CC)C=C(NC2CCOCC2)C=N1. The molecular weight excluding hydrogens is 286 g/mol. The van der Waals surface area contributed by atoms with Gasteiger partial charge in [-0.15, -0.1) is 0 Å². The Morgan fingerprint density at radius 1 is 1.22 bits per heavy atom. The first-order chi connectivity index (χ1) is 11.3. The summed E-state index contributed by atoms with van der Waals surface area (Å²) in [7, 11) is 0. The molecule has 23 heavy (non-hydrogen) atoms. The lowest BCUT2D eigenvalue weighted by Gasteiger charge is -2.33. The van der Waals surface area contributed by atoms with Crippen LogP contribution in [0.4, 0.5) is 0 Å². The average molecular weight is 314 g/mol. The van der Waals surface area contributed by atoms with Crippen molar-refractivity contribution >= 4 is 6.21 Å². The van der Waals surface area contributed by atoms with E-state index in [1.807, 2.05) is 6.21 Å². The van der Waals surface area contributed by atoms with Crippen molar-refractivity contribution < 1.29 is 9.33 Å². The second-order valence-corrected chi connectivity index (χ2v) is 6.40.